The topological polar surface area (TPSA) is 20.2 Å². The Labute approximate surface area is 86.9 Å². The van der Waals surface area contributed by atoms with Gasteiger partial charge in [0.1, 0.15) is 0 Å². The molecule has 2 heteroatoms. The summed E-state index contributed by atoms with van der Waals surface area (Å²) in [6.45, 7) is 1.88. The molecular weight excluding hydrogens is 228 g/mol. The molecule has 1 aromatic carbocycles. The summed E-state index contributed by atoms with van der Waals surface area (Å²) in [6.07, 6.45) is 0.956. The van der Waals surface area contributed by atoms with Gasteiger partial charge in [-0.15, -0.1) is 0 Å². The molecule has 2 rings (SSSR count). The highest BCUT2D eigenvalue weighted by molar-refractivity contribution is 9.10. The van der Waals surface area contributed by atoms with E-state index < -0.39 is 0 Å². The lowest BCUT2D eigenvalue weighted by Gasteiger charge is -2.04. The lowest BCUT2D eigenvalue weighted by atomic mass is 10.1. The van der Waals surface area contributed by atoms with E-state index in [4.69, 9.17) is 0 Å². The van der Waals surface area contributed by atoms with Crippen LogP contribution in [0.25, 0.3) is 0 Å². The van der Waals surface area contributed by atoms with Crippen molar-refractivity contribution in [3.63, 3.8) is 0 Å². The standard InChI is InChI=1S/C11H13BrO/c1-7(13)9-6-10(9)8-4-2-3-5-11(8)12/h2-5,7,9-10,13H,6H2,1H3/t7-,9-,10-/m1/s1. The first-order valence-electron chi connectivity index (χ1n) is 4.62. The lowest BCUT2D eigenvalue weighted by Crippen LogP contribution is -2.03. The van der Waals surface area contributed by atoms with Crippen molar-refractivity contribution in [2.75, 3.05) is 0 Å². The van der Waals surface area contributed by atoms with E-state index in [0.29, 0.717) is 11.8 Å². The minimum Gasteiger partial charge on any atom is -0.393 e. The minimum atomic E-state index is -0.169. The van der Waals surface area contributed by atoms with E-state index >= 15 is 0 Å². The van der Waals surface area contributed by atoms with E-state index in [1.165, 1.54) is 10.0 Å². The Morgan fingerprint density at radius 2 is 2.15 bits per heavy atom. The molecule has 0 spiro atoms. The van der Waals surface area contributed by atoms with Gasteiger partial charge in [0, 0.05) is 4.47 Å². The first-order valence-corrected chi connectivity index (χ1v) is 5.42. The SMILES string of the molecule is C[C@@H](O)[C@H]1C[C@@H]1c1ccccc1Br. The average Bonchev–Trinajstić information content (AvgIpc) is 2.84. The Kier molecular flexibility index (Phi) is 2.43. The van der Waals surface area contributed by atoms with Crippen molar-refractivity contribution < 1.29 is 5.11 Å². The lowest BCUT2D eigenvalue weighted by molar-refractivity contribution is 0.169. The smallest absolute Gasteiger partial charge is 0.0546 e. The molecule has 1 aromatic rings. The van der Waals surface area contributed by atoms with Crippen LogP contribution in [0.1, 0.15) is 24.8 Å². The average molecular weight is 241 g/mol. The Hall–Kier alpha value is -0.340. The van der Waals surface area contributed by atoms with Gasteiger partial charge >= 0.3 is 0 Å². The molecular formula is C11H13BrO. The second-order valence-electron chi connectivity index (χ2n) is 3.77. The number of halogens is 1. The normalized spacial score (nSPS) is 28.5. The first-order chi connectivity index (χ1) is 6.20. The highest BCUT2D eigenvalue weighted by Crippen LogP contribution is 2.51. The highest BCUT2D eigenvalue weighted by atomic mass is 79.9. The summed E-state index contributed by atoms with van der Waals surface area (Å²) >= 11 is 3.53. The van der Waals surface area contributed by atoms with Gasteiger partial charge in [0.05, 0.1) is 6.10 Å². The molecule has 1 saturated carbocycles. The molecule has 0 aromatic heterocycles. The molecule has 1 nitrogen and oxygen atoms in total. The molecule has 3 atom stereocenters. The van der Waals surface area contributed by atoms with Crippen LogP contribution >= 0.6 is 15.9 Å². The fraction of sp³-hybridized carbons (Fsp3) is 0.455. The van der Waals surface area contributed by atoms with Crippen molar-refractivity contribution in [1.29, 1.82) is 0 Å². The molecule has 70 valence electrons. The molecule has 0 heterocycles. The minimum absolute atomic E-state index is 0.169. The van der Waals surface area contributed by atoms with E-state index in [1.54, 1.807) is 0 Å². The second-order valence-corrected chi connectivity index (χ2v) is 4.62. The van der Waals surface area contributed by atoms with Crippen LogP contribution in [0, 0.1) is 5.92 Å². The van der Waals surface area contributed by atoms with Crippen molar-refractivity contribution in [2.45, 2.75) is 25.4 Å². The van der Waals surface area contributed by atoms with Gasteiger partial charge in [-0.1, -0.05) is 34.1 Å². The summed E-state index contributed by atoms with van der Waals surface area (Å²) in [5, 5.41) is 9.40. The number of hydrogen-bond donors (Lipinski definition) is 1. The number of aliphatic hydroxyl groups excluding tert-OH is 1. The largest absolute Gasteiger partial charge is 0.393 e. The molecule has 13 heavy (non-hydrogen) atoms. The van der Waals surface area contributed by atoms with E-state index in [9.17, 15) is 5.11 Å². The van der Waals surface area contributed by atoms with Crippen LogP contribution in [0.2, 0.25) is 0 Å². The van der Waals surface area contributed by atoms with Crippen molar-refractivity contribution in [3.05, 3.63) is 34.3 Å². The van der Waals surface area contributed by atoms with Gasteiger partial charge < -0.3 is 5.11 Å². The van der Waals surface area contributed by atoms with Gasteiger partial charge in [0.25, 0.3) is 0 Å². The predicted octanol–water partition coefficient (Wildman–Crippen LogP) is 2.93. The zero-order valence-electron chi connectivity index (χ0n) is 7.57. The summed E-state index contributed by atoms with van der Waals surface area (Å²) in [6, 6.07) is 8.27. The zero-order chi connectivity index (χ0) is 9.42. The maximum atomic E-state index is 9.40. The van der Waals surface area contributed by atoms with Crippen molar-refractivity contribution >= 4 is 15.9 Å². The Morgan fingerprint density at radius 1 is 1.46 bits per heavy atom. The predicted molar refractivity (Wildman–Crippen MR) is 56.7 cm³/mol. The van der Waals surface area contributed by atoms with E-state index in [-0.39, 0.29) is 6.10 Å². The van der Waals surface area contributed by atoms with Crippen LogP contribution in [0.5, 0.6) is 0 Å². The first kappa shape index (κ1) is 9.22. The van der Waals surface area contributed by atoms with Gasteiger partial charge in [0.2, 0.25) is 0 Å². The third-order valence-corrected chi connectivity index (χ3v) is 3.49. The van der Waals surface area contributed by atoms with Crippen LogP contribution < -0.4 is 0 Å². The molecule has 0 amide bonds. The fourth-order valence-electron chi connectivity index (χ4n) is 1.88. The maximum Gasteiger partial charge on any atom is 0.0546 e. The number of aliphatic hydroxyl groups is 1. The van der Waals surface area contributed by atoms with Crippen molar-refractivity contribution in [2.24, 2.45) is 5.92 Å². The molecule has 1 aliphatic rings. The summed E-state index contributed by atoms with van der Waals surface area (Å²) in [5.74, 6) is 1.04. The van der Waals surface area contributed by atoms with E-state index in [2.05, 4.69) is 34.1 Å². The molecule has 0 bridgehead atoms. The van der Waals surface area contributed by atoms with Crippen molar-refractivity contribution in [1.82, 2.24) is 0 Å². The second kappa shape index (κ2) is 3.43. The molecule has 1 N–H and O–H groups in total. The number of rotatable bonds is 2. The summed E-state index contributed by atoms with van der Waals surface area (Å²) < 4.78 is 1.17. The Balaban J connectivity index is 2.16. The van der Waals surface area contributed by atoms with Crippen LogP contribution in [-0.2, 0) is 0 Å². The highest BCUT2D eigenvalue weighted by Gasteiger charge is 2.42. The molecule has 0 aliphatic heterocycles. The van der Waals surface area contributed by atoms with Gasteiger partial charge in [-0.25, -0.2) is 0 Å². The van der Waals surface area contributed by atoms with Crippen LogP contribution in [-0.4, -0.2) is 11.2 Å². The third kappa shape index (κ3) is 1.79. The molecule has 0 saturated heterocycles. The summed E-state index contributed by atoms with van der Waals surface area (Å²) in [4.78, 5) is 0. The summed E-state index contributed by atoms with van der Waals surface area (Å²) in [5.41, 5.74) is 1.34. The monoisotopic (exact) mass is 240 g/mol. The number of benzene rings is 1. The van der Waals surface area contributed by atoms with Crippen LogP contribution in [0.4, 0.5) is 0 Å². The molecule has 0 unspecified atom stereocenters. The van der Waals surface area contributed by atoms with E-state index in [0.717, 1.165) is 6.42 Å². The maximum absolute atomic E-state index is 9.40. The quantitative estimate of drug-likeness (QED) is 0.843. The van der Waals surface area contributed by atoms with E-state index in [1.807, 2.05) is 13.0 Å². The van der Waals surface area contributed by atoms with Gasteiger partial charge in [-0.05, 0) is 36.8 Å². The van der Waals surface area contributed by atoms with Gasteiger partial charge in [0.15, 0.2) is 0 Å². The van der Waals surface area contributed by atoms with Gasteiger partial charge in [-0.3, -0.25) is 0 Å². The van der Waals surface area contributed by atoms with Crippen LogP contribution in [0.3, 0.4) is 0 Å². The Bertz CT molecular complexity index is 309. The van der Waals surface area contributed by atoms with Crippen LogP contribution in [0.15, 0.2) is 28.7 Å². The number of hydrogen-bond acceptors (Lipinski definition) is 1. The molecule has 0 radical (unpaired) electrons. The van der Waals surface area contributed by atoms with Crippen molar-refractivity contribution in [3.8, 4) is 0 Å². The van der Waals surface area contributed by atoms with Gasteiger partial charge in [-0.2, -0.15) is 0 Å². The summed E-state index contributed by atoms with van der Waals surface area (Å²) in [7, 11) is 0. The molecule has 1 aliphatic carbocycles. The molecule has 1 fully saturated rings. The fourth-order valence-corrected chi connectivity index (χ4v) is 2.46. The Morgan fingerprint density at radius 3 is 2.69 bits per heavy atom. The third-order valence-electron chi connectivity index (χ3n) is 2.76. The zero-order valence-corrected chi connectivity index (χ0v) is 9.16.